The first-order chi connectivity index (χ1) is 26.5. The first-order valence-electron chi connectivity index (χ1n) is 18.6. The summed E-state index contributed by atoms with van der Waals surface area (Å²) in [7, 11) is 0. The number of benzene rings is 6. The highest BCUT2D eigenvalue weighted by molar-refractivity contribution is 6.17. The third kappa shape index (κ3) is 6.83. The van der Waals surface area contributed by atoms with Crippen molar-refractivity contribution in [2.24, 2.45) is 4.99 Å². The Labute approximate surface area is 318 Å². The fourth-order valence-corrected chi connectivity index (χ4v) is 7.62. The van der Waals surface area contributed by atoms with Gasteiger partial charge in [-0.1, -0.05) is 152 Å². The Balaban J connectivity index is 1.22. The average molecular weight is 695 g/mol. The molecule has 0 radical (unpaired) electrons. The van der Waals surface area contributed by atoms with E-state index >= 15 is 0 Å². The van der Waals surface area contributed by atoms with Gasteiger partial charge in [0.2, 0.25) is 0 Å². The minimum absolute atomic E-state index is 0.716. The van der Waals surface area contributed by atoms with Gasteiger partial charge in [-0.05, 0) is 118 Å². The molecule has 1 aliphatic rings. The van der Waals surface area contributed by atoms with Gasteiger partial charge in [0.15, 0.2) is 0 Å². The second kappa shape index (κ2) is 15.1. The van der Waals surface area contributed by atoms with Crippen LogP contribution in [0.2, 0.25) is 0 Å². The number of hydrogen-bond donors (Lipinski definition) is 0. The Morgan fingerprint density at radius 2 is 1.43 bits per heavy atom. The molecule has 260 valence electrons. The summed E-state index contributed by atoms with van der Waals surface area (Å²) in [5.41, 5.74) is 16.5. The average Bonchev–Trinajstić information content (AvgIpc) is 3.22. The van der Waals surface area contributed by atoms with Crippen LogP contribution in [0.15, 0.2) is 199 Å². The molecular formula is C52H42N2. The van der Waals surface area contributed by atoms with Gasteiger partial charge in [0.25, 0.3) is 0 Å². The van der Waals surface area contributed by atoms with Crippen LogP contribution in [0.1, 0.15) is 47.6 Å². The van der Waals surface area contributed by atoms with Crippen molar-refractivity contribution in [1.82, 2.24) is 4.98 Å². The van der Waals surface area contributed by atoms with Gasteiger partial charge in [-0.15, -0.1) is 0 Å². The van der Waals surface area contributed by atoms with Crippen molar-refractivity contribution >= 4 is 38.7 Å². The topological polar surface area (TPSA) is 25.2 Å². The van der Waals surface area contributed by atoms with Crippen molar-refractivity contribution < 1.29 is 0 Å². The first kappa shape index (κ1) is 34.4. The molecule has 2 heteroatoms. The van der Waals surface area contributed by atoms with Gasteiger partial charge in [0, 0.05) is 22.7 Å². The van der Waals surface area contributed by atoms with Crippen molar-refractivity contribution in [3.05, 3.63) is 222 Å². The maximum atomic E-state index is 5.24. The van der Waals surface area contributed by atoms with Gasteiger partial charge in [0.05, 0.1) is 16.9 Å². The number of rotatable bonds is 9. The Morgan fingerprint density at radius 3 is 2.22 bits per heavy atom. The highest BCUT2D eigenvalue weighted by Gasteiger charge is 2.17. The van der Waals surface area contributed by atoms with Crippen LogP contribution in [-0.4, -0.2) is 10.7 Å². The largest absolute Gasteiger partial charge is 0.256 e. The smallest absolute Gasteiger partial charge is 0.0784 e. The minimum Gasteiger partial charge on any atom is -0.256 e. The third-order valence-corrected chi connectivity index (χ3v) is 10.5. The number of para-hydroxylation sites is 1. The molecule has 0 spiro atoms. The van der Waals surface area contributed by atoms with Crippen molar-refractivity contribution in [2.45, 2.75) is 26.7 Å². The molecule has 0 saturated carbocycles. The van der Waals surface area contributed by atoms with Crippen LogP contribution >= 0.6 is 0 Å². The highest BCUT2D eigenvalue weighted by Crippen LogP contribution is 2.38. The number of pyridine rings is 1. The molecule has 0 bridgehead atoms. The van der Waals surface area contributed by atoms with E-state index < -0.39 is 0 Å². The van der Waals surface area contributed by atoms with Gasteiger partial charge in [0.1, 0.15) is 0 Å². The van der Waals surface area contributed by atoms with Gasteiger partial charge in [-0.2, -0.15) is 0 Å². The summed E-state index contributed by atoms with van der Waals surface area (Å²) in [6, 6.07) is 49.4. The quantitative estimate of drug-likeness (QED) is 0.109. The molecule has 0 amide bonds. The Kier molecular flexibility index (Phi) is 9.66. The van der Waals surface area contributed by atoms with E-state index in [1.807, 2.05) is 24.4 Å². The first-order valence-corrected chi connectivity index (χ1v) is 18.6. The lowest BCUT2D eigenvalue weighted by Gasteiger charge is -2.19. The number of aliphatic imine (C=N–C) groups is 1. The number of aryl methyl sites for hydroxylation is 1. The molecule has 7 aromatic rings. The van der Waals surface area contributed by atoms with Crippen LogP contribution in [0.5, 0.6) is 0 Å². The molecular weight excluding hydrogens is 653 g/mol. The van der Waals surface area contributed by atoms with E-state index in [1.165, 1.54) is 33.1 Å². The molecule has 0 aliphatic heterocycles. The molecule has 0 atom stereocenters. The lowest BCUT2D eigenvalue weighted by Crippen LogP contribution is -2.06. The normalized spacial score (nSPS) is 13.4. The van der Waals surface area contributed by atoms with Crippen molar-refractivity contribution in [1.29, 1.82) is 0 Å². The predicted octanol–water partition coefficient (Wildman–Crippen LogP) is 13.8. The summed E-state index contributed by atoms with van der Waals surface area (Å²) in [5.74, 6) is 0. The summed E-state index contributed by atoms with van der Waals surface area (Å²) >= 11 is 0. The summed E-state index contributed by atoms with van der Waals surface area (Å²) in [5, 5.41) is 3.58. The van der Waals surface area contributed by atoms with E-state index in [9.17, 15) is 0 Å². The molecule has 0 N–H and O–H groups in total. The van der Waals surface area contributed by atoms with E-state index in [4.69, 9.17) is 4.99 Å². The molecule has 0 saturated heterocycles. The number of aromatic nitrogens is 1. The zero-order valence-electron chi connectivity index (χ0n) is 30.9. The van der Waals surface area contributed by atoms with E-state index in [2.05, 4.69) is 178 Å². The van der Waals surface area contributed by atoms with E-state index in [1.54, 1.807) is 0 Å². The molecule has 8 rings (SSSR count). The number of allylic oxidation sites excluding steroid dienone is 7. The zero-order chi connectivity index (χ0) is 37.0. The summed E-state index contributed by atoms with van der Waals surface area (Å²) < 4.78 is 0. The summed E-state index contributed by atoms with van der Waals surface area (Å²) in [4.78, 5) is 9.91. The molecule has 6 aromatic carbocycles. The minimum atomic E-state index is 0.716. The van der Waals surface area contributed by atoms with Crippen molar-refractivity contribution in [3.63, 3.8) is 0 Å². The molecule has 1 aliphatic carbocycles. The molecule has 0 fully saturated rings. The molecule has 54 heavy (non-hydrogen) atoms. The van der Waals surface area contributed by atoms with Gasteiger partial charge in [-0.3, -0.25) is 4.98 Å². The summed E-state index contributed by atoms with van der Waals surface area (Å²) in [6.45, 7) is 13.0. The van der Waals surface area contributed by atoms with Crippen LogP contribution in [0, 0.1) is 6.92 Å². The van der Waals surface area contributed by atoms with Crippen LogP contribution in [0.25, 0.3) is 55.2 Å². The number of fused-ring (bicyclic) bond motifs is 2. The predicted molar refractivity (Wildman–Crippen MR) is 232 cm³/mol. The van der Waals surface area contributed by atoms with Gasteiger partial charge in [-0.25, -0.2) is 4.99 Å². The Morgan fingerprint density at radius 1 is 0.685 bits per heavy atom. The fourth-order valence-electron chi connectivity index (χ4n) is 7.62. The Bertz CT molecular complexity index is 2680. The second-order valence-electron chi connectivity index (χ2n) is 13.9. The molecule has 2 nitrogen and oxygen atoms in total. The molecule has 0 unspecified atom stereocenters. The fraction of sp³-hybridized carbons (Fsp3) is 0.0769. The van der Waals surface area contributed by atoms with Crippen LogP contribution < -0.4 is 0 Å². The maximum absolute atomic E-state index is 5.24. The highest BCUT2D eigenvalue weighted by atomic mass is 14.8. The van der Waals surface area contributed by atoms with Gasteiger partial charge >= 0.3 is 0 Å². The SMILES string of the molecule is C=C/C=C(\C1=C(C)CCC=C1)c1cc(-c2ccc(C(=C)N=C(c3ccccc3)c3ccc4ccccc4c3C)cc2)cc(-c2ccnc3ccccc23)c1. The van der Waals surface area contributed by atoms with E-state index in [0.717, 1.165) is 74.0 Å². The lowest BCUT2D eigenvalue weighted by atomic mass is 9.86. The van der Waals surface area contributed by atoms with Crippen LogP contribution in [0.4, 0.5) is 0 Å². The van der Waals surface area contributed by atoms with Gasteiger partial charge < -0.3 is 0 Å². The van der Waals surface area contributed by atoms with Crippen LogP contribution in [-0.2, 0) is 0 Å². The summed E-state index contributed by atoms with van der Waals surface area (Å²) in [6.07, 6.45) is 12.6. The standard InChI is InChI=1S/C52H42N2/c1-5-15-48(45-20-11-9-16-35(45)2)43-32-42(33-44(34-43)49-30-31-53-51-23-14-13-22-50(49)51)39-26-24-38(25-27-39)37(4)54-52(41-18-7-6-8-19-41)47-29-28-40-17-10-12-21-46(40)36(47)3/h5-8,10-15,17-34H,1,4,9,16H2,2-3H3/b48-15-,54-52?. The van der Waals surface area contributed by atoms with Crippen molar-refractivity contribution in [3.8, 4) is 22.3 Å². The number of nitrogens with zero attached hydrogens (tertiary/aromatic N) is 2. The van der Waals surface area contributed by atoms with E-state index in [-0.39, 0.29) is 0 Å². The second-order valence-corrected chi connectivity index (χ2v) is 13.9. The zero-order valence-corrected chi connectivity index (χ0v) is 30.9. The monoisotopic (exact) mass is 694 g/mol. The maximum Gasteiger partial charge on any atom is 0.0784 e. The number of hydrogen-bond acceptors (Lipinski definition) is 2. The van der Waals surface area contributed by atoms with E-state index in [0.29, 0.717) is 5.70 Å². The third-order valence-electron chi connectivity index (χ3n) is 10.5. The van der Waals surface area contributed by atoms with Crippen LogP contribution in [0.3, 0.4) is 0 Å². The lowest BCUT2D eigenvalue weighted by molar-refractivity contribution is 0.950. The Hall–Kier alpha value is -6.64. The van der Waals surface area contributed by atoms with Crippen molar-refractivity contribution in [2.75, 3.05) is 0 Å². The molecule has 1 aromatic heterocycles. The molecule has 1 heterocycles.